The molecule has 1 aromatic rings. The maximum absolute atomic E-state index is 11.7. The molecule has 0 amide bonds. The highest BCUT2D eigenvalue weighted by atomic mass is 16.4. The highest BCUT2D eigenvalue weighted by Gasteiger charge is 2.41. The summed E-state index contributed by atoms with van der Waals surface area (Å²) in [4.78, 5) is 14.0. The molecule has 3 heteroatoms. The molecule has 1 heterocycles. The molecule has 20 heavy (non-hydrogen) atoms. The third-order valence-corrected chi connectivity index (χ3v) is 4.36. The Bertz CT molecular complexity index is 451. The Morgan fingerprint density at radius 1 is 1.35 bits per heavy atom. The van der Waals surface area contributed by atoms with Crippen molar-refractivity contribution in [2.45, 2.75) is 46.1 Å². The maximum atomic E-state index is 11.7. The molecule has 3 nitrogen and oxygen atoms in total. The Hall–Kier alpha value is -1.35. The molecule has 1 aliphatic heterocycles. The summed E-state index contributed by atoms with van der Waals surface area (Å²) in [5, 5.41) is 9.61. The van der Waals surface area contributed by atoms with Crippen LogP contribution in [0.4, 0.5) is 0 Å². The van der Waals surface area contributed by atoms with Gasteiger partial charge >= 0.3 is 5.97 Å². The second-order valence-electron chi connectivity index (χ2n) is 6.14. The number of hydrogen-bond donors (Lipinski definition) is 1. The van der Waals surface area contributed by atoms with E-state index in [1.165, 1.54) is 11.1 Å². The summed E-state index contributed by atoms with van der Waals surface area (Å²) in [6.45, 7) is 6.71. The number of benzene rings is 1. The lowest BCUT2D eigenvalue weighted by atomic mass is 9.76. The van der Waals surface area contributed by atoms with E-state index in [4.69, 9.17) is 0 Å². The van der Waals surface area contributed by atoms with Crippen molar-refractivity contribution in [3.05, 3.63) is 35.4 Å². The minimum atomic E-state index is -0.618. The van der Waals surface area contributed by atoms with Crippen molar-refractivity contribution in [1.82, 2.24) is 4.90 Å². The summed E-state index contributed by atoms with van der Waals surface area (Å²) in [6.07, 6.45) is 3.52. The Balaban J connectivity index is 2.05. The van der Waals surface area contributed by atoms with Crippen molar-refractivity contribution in [3.8, 4) is 0 Å². The van der Waals surface area contributed by atoms with Crippen LogP contribution in [-0.4, -0.2) is 29.1 Å². The van der Waals surface area contributed by atoms with E-state index in [1.807, 2.05) is 0 Å². The zero-order valence-corrected chi connectivity index (χ0v) is 12.6. The molecule has 0 spiro atoms. The number of likely N-dealkylation sites (tertiary alicyclic amines) is 1. The molecule has 0 bridgehead atoms. The van der Waals surface area contributed by atoms with Gasteiger partial charge in [-0.05, 0) is 38.3 Å². The molecule has 1 unspecified atom stereocenters. The molecule has 0 saturated carbocycles. The summed E-state index contributed by atoms with van der Waals surface area (Å²) in [5.41, 5.74) is 2.00. The van der Waals surface area contributed by atoms with Crippen molar-refractivity contribution in [2.75, 3.05) is 13.1 Å². The van der Waals surface area contributed by atoms with Crippen LogP contribution in [0.2, 0.25) is 0 Å². The van der Waals surface area contributed by atoms with Gasteiger partial charge in [0.15, 0.2) is 0 Å². The summed E-state index contributed by atoms with van der Waals surface area (Å²) in [6, 6.07) is 8.53. The SMILES string of the molecule is CCCC1(C(=O)O)CCCN(Cc2ccc(C)cc2)C1. The Morgan fingerprint density at radius 2 is 2.05 bits per heavy atom. The standard InChI is InChI=1S/C17H25NO2/c1-3-9-17(16(19)20)10-4-11-18(13-17)12-15-7-5-14(2)6-8-15/h5-8H,3-4,9-13H2,1-2H3,(H,19,20). The van der Waals surface area contributed by atoms with Gasteiger partial charge in [0.1, 0.15) is 0 Å². The van der Waals surface area contributed by atoms with Gasteiger partial charge in [-0.3, -0.25) is 9.69 Å². The molecule has 1 aromatic carbocycles. The fraction of sp³-hybridized carbons (Fsp3) is 0.588. The molecule has 1 N–H and O–H groups in total. The maximum Gasteiger partial charge on any atom is 0.310 e. The van der Waals surface area contributed by atoms with Gasteiger partial charge in [0.05, 0.1) is 5.41 Å². The average molecular weight is 275 g/mol. The lowest BCUT2D eigenvalue weighted by molar-refractivity contribution is -0.153. The normalized spacial score (nSPS) is 23.7. The lowest BCUT2D eigenvalue weighted by Gasteiger charge is -2.40. The highest BCUT2D eigenvalue weighted by molar-refractivity contribution is 5.75. The number of piperidine rings is 1. The van der Waals surface area contributed by atoms with Crippen LogP contribution in [0.3, 0.4) is 0 Å². The summed E-state index contributed by atoms with van der Waals surface area (Å²) in [5.74, 6) is -0.618. The van der Waals surface area contributed by atoms with Gasteiger partial charge in [0.2, 0.25) is 0 Å². The third-order valence-electron chi connectivity index (χ3n) is 4.36. The first-order chi connectivity index (χ1) is 9.55. The number of aryl methyl sites for hydroxylation is 1. The molecule has 0 aliphatic carbocycles. The van der Waals surface area contributed by atoms with E-state index in [1.54, 1.807) is 0 Å². The van der Waals surface area contributed by atoms with Crippen LogP contribution in [0.1, 0.15) is 43.7 Å². The van der Waals surface area contributed by atoms with Crippen molar-refractivity contribution in [1.29, 1.82) is 0 Å². The first kappa shape index (κ1) is 15.0. The molecule has 110 valence electrons. The molecule has 0 aromatic heterocycles. The van der Waals surface area contributed by atoms with Gasteiger partial charge in [-0.1, -0.05) is 43.2 Å². The summed E-state index contributed by atoms with van der Waals surface area (Å²) in [7, 11) is 0. The van der Waals surface area contributed by atoms with Gasteiger partial charge in [0.25, 0.3) is 0 Å². The van der Waals surface area contributed by atoms with Crippen molar-refractivity contribution < 1.29 is 9.90 Å². The van der Waals surface area contributed by atoms with Gasteiger partial charge in [0, 0.05) is 13.1 Å². The van der Waals surface area contributed by atoms with Crippen LogP contribution < -0.4 is 0 Å². The molecule has 1 aliphatic rings. The highest BCUT2D eigenvalue weighted by Crippen LogP contribution is 2.35. The van der Waals surface area contributed by atoms with E-state index in [-0.39, 0.29) is 0 Å². The van der Waals surface area contributed by atoms with Gasteiger partial charge in [-0.25, -0.2) is 0 Å². The van der Waals surface area contributed by atoms with Crippen LogP contribution >= 0.6 is 0 Å². The second-order valence-corrected chi connectivity index (χ2v) is 6.14. The number of carboxylic acid groups (broad SMARTS) is 1. The largest absolute Gasteiger partial charge is 0.481 e. The predicted octanol–water partition coefficient (Wildman–Crippen LogP) is 3.46. The summed E-state index contributed by atoms with van der Waals surface area (Å²) < 4.78 is 0. The van der Waals surface area contributed by atoms with E-state index >= 15 is 0 Å². The molecule has 1 saturated heterocycles. The number of rotatable bonds is 5. The van der Waals surface area contributed by atoms with E-state index in [9.17, 15) is 9.90 Å². The number of carbonyl (C=O) groups is 1. The fourth-order valence-corrected chi connectivity index (χ4v) is 3.28. The molecule has 1 fully saturated rings. The minimum Gasteiger partial charge on any atom is -0.481 e. The van der Waals surface area contributed by atoms with Crippen LogP contribution in [0, 0.1) is 12.3 Å². The van der Waals surface area contributed by atoms with E-state index in [0.717, 1.165) is 38.8 Å². The molecular formula is C17H25NO2. The number of nitrogens with zero attached hydrogens (tertiary/aromatic N) is 1. The van der Waals surface area contributed by atoms with Gasteiger partial charge in [-0.2, -0.15) is 0 Å². The third kappa shape index (κ3) is 3.40. The quantitative estimate of drug-likeness (QED) is 0.894. The van der Waals surface area contributed by atoms with E-state index in [2.05, 4.69) is 43.0 Å². The van der Waals surface area contributed by atoms with Crippen LogP contribution in [0.15, 0.2) is 24.3 Å². The Morgan fingerprint density at radius 3 is 2.65 bits per heavy atom. The van der Waals surface area contributed by atoms with Crippen LogP contribution in [0.25, 0.3) is 0 Å². The Kier molecular flexibility index (Phi) is 4.81. The number of hydrogen-bond acceptors (Lipinski definition) is 2. The van der Waals surface area contributed by atoms with Gasteiger partial charge in [-0.15, -0.1) is 0 Å². The van der Waals surface area contributed by atoms with Crippen molar-refractivity contribution >= 4 is 5.97 Å². The first-order valence-electron chi connectivity index (χ1n) is 7.57. The monoisotopic (exact) mass is 275 g/mol. The molecule has 0 radical (unpaired) electrons. The van der Waals surface area contributed by atoms with Gasteiger partial charge < -0.3 is 5.11 Å². The average Bonchev–Trinajstić information content (AvgIpc) is 2.42. The molecular weight excluding hydrogens is 250 g/mol. The summed E-state index contributed by atoms with van der Waals surface area (Å²) >= 11 is 0. The first-order valence-corrected chi connectivity index (χ1v) is 7.57. The number of carboxylic acids is 1. The Labute approximate surface area is 121 Å². The van der Waals surface area contributed by atoms with Crippen molar-refractivity contribution in [3.63, 3.8) is 0 Å². The zero-order chi connectivity index (χ0) is 14.6. The molecule has 1 atom stereocenters. The topological polar surface area (TPSA) is 40.5 Å². The lowest BCUT2D eigenvalue weighted by Crippen LogP contribution is -2.47. The smallest absolute Gasteiger partial charge is 0.310 e. The predicted molar refractivity (Wildman–Crippen MR) is 80.7 cm³/mol. The second kappa shape index (κ2) is 6.40. The minimum absolute atomic E-state index is 0.530. The number of aliphatic carboxylic acids is 1. The fourth-order valence-electron chi connectivity index (χ4n) is 3.28. The van der Waals surface area contributed by atoms with Crippen LogP contribution in [0.5, 0.6) is 0 Å². The van der Waals surface area contributed by atoms with E-state index < -0.39 is 11.4 Å². The van der Waals surface area contributed by atoms with E-state index in [0.29, 0.717) is 6.54 Å². The molecule has 2 rings (SSSR count). The zero-order valence-electron chi connectivity index (χ0n) is 12.6. The van der Waals surface area contributed by atoms with Crippen molar-refractivity contribution in [2.24, 2.45) is 5.41 Å². The van der Waals surface area contributed by atoms with Crippen LogP contribution in [-0.2, 0) is 11.3 Å².